The lowest BCUT2D eigenvalue weighted by molar-refractivity contribution is 0.184. The fraction of sp³-hybridized carbons (Fsp3) is 0.611. The molecule has 1 saturated heterocycles. The van der Waals surface area contributed by atoms with Crippen LogP contribution in [0.15, 0.2) is 12.1 Å². The second kappa shape index (κ2) is 7.12. The first-order valence-electron chi connectivity index (χ1n) is 9.25. The zero-order valence-corrected chi connectivity index (χ0v) is 17.0. The van der Waals surface area contributed by atoms with Gasteiger partial charge in [0.1, 0.15) is 11.6 Å². The summed E-state index contributed by atoms with van der Waals surface area (Å²) in [4.78, 5) is 2.30. The minimum absolute atomic E-state index is 0.00313. The van der Waals surface area contributed by atoms with Crippen LogP contribution in [0.2, 0.25) is 0 Å². The molecule has 1 aliphatic rings. The van der Waals surface area contributed by atoms with E-state index >= 15 is 0 Å². The number of methoxy groups -OCH3 is 1. The number of rotatable bonds is 4. The summed E-state index contributed by atoms with van der Waals surface area (Å²) in [6, 6.07) is 4.06. The number of nitrogens with zero attached hydrogens (tertiary/aromatic N) is 7. The molecule has 0 bridgehead atoms. The molecular formula is C18H25N7OS. The third-order valence-electron chi connectivity index (χ3n) is 4.91. The maximum Gasteiger partial charge on any atom is 0.208 e. The van der Waals surface area contributed by atoms with Crippen molar-refractivity contribution < 1.29 is 4.74 Å². The lowest BCUT2D eigenvalue weighted by Gasteiger charge is -2.30. The van der Waals surface area contributed by atoms with E-state index in [1.54, 1.807) is 18.4 Å². The Hall–Kier alpha value is -2.13. The molecule has 0 aliphatic carbocycles. The molecule has 1 fully saturated rings. The third-order valence-corrected chi connectivity index (χ3v) is 5.87. The first-order valence-corrected chi connectivity index (χ1v) is 10.1. The van der Waals surface area contributed by atoms with E-state index in [0.29, 0.717) is 12.5 Å². The summed E-state index contributed by atoms with van der Waals surface area (Å²) in [5, 5.41) is 24.0. The second-order valence-corrected chi connectivity index (χ2v) is 9.01. The standard InChI is InChI=1S/C18H25N7OS/c1-18(2,3)13-5-6-14-19-21-16(25(14)23-13)12-7-9-24(10-8-12)17-22-20-15(27-17)11-26-4/h5-6,12H,7-11H2,1-4H3. The Balaban J connectivity index is 1.50. The van der Waals surface area contributed by atoms with E-state index in [0.717, 1.165) is 53.2 Å². The van der Waals surface area contributed by atoms with Crippen LogP contribution in [-0.2, 0) is 16.8 Å². The van der Waals surface area contributed by atoms with Crippen LogP contribution in [-0.4, -0.2) is 50.2 Å². The Kier molecular flexibility index (Phi) is 4.81. The first-order chi connectivity index (χ1) is 13.0. The Labute approximate surface area is 162 Å². The van der Waals surface area contributed by atoms with Crippen molar-refractivity contribution in [3.05, 3.63) is 28.7 Å². The van der Waals surface area contributed by atoms with Crippen LogP contribution in [0.5, 0.6) is 0 Å². The SMILES string of the molecule is COCc1nnc(N2CCC(c3nnc4ccc(C(C)(C)C)nn34)CC2)s1. The number of piperidine rings is 1. The van der Waals surface area contributed by atoms with Crippen molar-refractivity contribution >= 4 is 22.1 Å². The highest BCUT2D eigenvalue weighted by Crippen LogP contribution is 2.31. The van der Waals surface area contributed by atoms with E-state index in [2.05, 4.69) is 46.1 Å². The van der Waals surface area contributed by atoms with E-state index < -0.39 is 0 Å². The monoisotopic (exact) mass is 387 g/mol. The zero-order valence-electron chi connectivity index (χ0n) is 16.2. The molecule has 0 spiro atoms. The van der Waals surface area contributed by atoms with Gasteiger partial charge in [-0.05, 0) is 25.0 Å². The van der Waals surface area contributed by atoms with E-state index in [4.69, 9.17) is 9.84 Å². The van der Waals surface area contributed by atoms with Crippen molar-refractivity contribution in [1.82, 2.24) is 30.0 Å². The molecule has 9 heteroatoms. The smallest absolute Gasteiger partial charge is 0.208 e. The first kappa shape index (κ1) is 18.2. The van der Waals surface area contributed by atoms with Crippen molar-refractivity contribution in [1.29, 1.82) is 0 Å². The van der Waals surface area contributed by atoms with Gasteiger partial charge >= 0.3 is 0 Å². The van der Waals surface area contributed by atoms with Crippen LogP contribution in [0, 0.1) is 0 Å². The topological polar surface area (TPSA) is 81.3 Å². The minimum Gasteiger partial charge on any atom is -0.377 e. The minimum atomic E-state index is -0.00313. The van der Waals surface area contributed by atoms with Gasteiger partial charge in [0.2, 0.25) is 5.13 Å². The van der Waals surface area contributed by atoms with Crippen molar-refractivity contribution in [3.63, 3.8) is 0 Å². The molecule has 0 unspecified atom stereocenters. The summed E-state index contributed by atoms with van der Waals surface area (Å²) >= 11 is 1.60. The van der Waals surface area contributed by atoms with Crippen LogP contribution in [0.1, 0.15) is 56.1 Å². The van der Waals surface area contributed by atoms with Gasteiger partial charge in [0.15, 0.2) is 11.5 Å². The molecule has 0 atom stereocenters. The Morgan fingerprint density at radius 3 is 2.59 bits per heavy atom. The molecule has 0 saturated carbocycles. The predicted octanol–water partition coefficient (Wildman–Crippen LogP) is 2.80. The fourth-order valence-corrected chi connectivity index (χ4v) is 4.21. The van der Waals surface area contributed by atoms with Crippen LogP contribution >= 0.6 is 11.3 Å². The van der Waals surface area contributed by atoms with E-state index in [9.17, 15) is 0 Å². The normalized spacial score (nSPS) is 16.4. The van der Waals surface area contributed by atoms with Crippen molar-refractivity contribution in [2.75, 3.05) is 25.1 Å². The molecular weight excluding hydrogens is 362 g/mol. The van der Waals surface area contributed by atoms with E-state index in [1.807, 2.05) is 16.6 Å². The quantitative estimate of drug-likeness (QED) is 0.681. The number of fused-ring (bicyclic) bond motifs is 1. The molecule has 1 aliphatic heterocycles. The van der Waals surface area contributed by atoms with Crippen molar-refractivity contribution in [2.45, 2.75) is 51.6 Å². The number of ether oxygens (including phenoxy) is 1. The Morgan fingerprint density at radius 2 is 1.89 bits per heavy atom. The number of hydrogen-bond acceptors (Lipinski definition) is 8. The van der Waals surface area contributed by atoms with Gasteiger partial charge < -0.3 is 9.64 Å². The number of aromatic nitrogens is 6. The van der Waals surface area contributed by atoms with Gasteiger partial charge in [-0.1, -0.05) is 32.1 Å². The maximum absolute atomic E-state index is 5.13. The van der Waals surface area contributed by atoms with Crippen LogP contribution < -0.4 is 4.90 Å². The molecule has 0 amide bonds. The highest BCUT2D eigenvalue weighted by atomic mass is 32.1. The largest absolute Gasteiger partial charge is 0.377 e. The van der Waals surface area contributed by atoms with Crippen LogP contribution in [0.25, 0.3) is 5.65 Å². The summed E-state index contributed by atoms with van der Waals surface area (Å²) in [5.74, 6) is 1.32. The summed E-state index contributed by atoms with van der Waals surface area (Å²) in [6.45, 7) is 8.89. The van der Waals surface area contributed by atoms with Gasteiger partial charge in [-0.25, -0.2) is 0 Å². The summed E-state index contributed by atoms with van der Waals surface area (Å²) in [6.07, 6.45) is 2.00. The Morgan fingerprint density at radius 1 is 1.11 bits per heavy atom. The van der Waals surface area contributed by atoms with E-state index in [-0.39, 0.29) is 5.41 Å². The summed E-state index contributed by atoms with van der Waals surface area (Å²) < 4.78 is 7.07. The average molecular weight is 388 g/mol. The average Bonchev–Trinajstić information content (AvgIpc) is 3.28. The molecule has 144 valence electrons. The molecule has 0 aromatic carbocycles. The van der Waals surface area contributed by atoms with Gasteiger partial charge in [-0.3, -0.25) is 0 Å². The van der Waals surface area contributed by atoms with Gasteiger partial charge in [-0.2, -0.15) is 9.61 Å². The van der Waals surface area contributed by atoms with Crippen molar-refractivity contribution in [3.8, 4) is 0 Å². The molecule has 27 heavy (non-hydrogen) atoms. The third kappa shape index (κ3) is 3.66. The van der Waals surface area contributed by atoms with Crippen LogP contribution in [0.3, 0.4) is 0 Å². The maximum atomic E-state index is 5.13. The van der Waals surface area contributed by atoms with Gasteiger partial charge in [0.05, 0.1) is 5.69 Å². The lowest BCUT2D eigenvalue weighted by Crippen LogP contribution is -2.33. The number of hydrogen-bond donors (Lipinski definition) is 0. The molecule has 0 N–H and O–H groups in total. The summed E-state index contributed by atoms with van der Waals surface area (Å²) in [7, 11) is 1.68. The second-order valence-electron chi connectivity index (χ2n) is 7.97. The number of anilines is 1. The molecule has 8 nitrogen and oxygen atoms in total. The Bertz CT molecular complexity index is 921. The highest BCUT2D eigenvalue weighted by Gasteiger charge is 2.27. The predicted molar refractivity (Wildman–Crippen MR) is 104 cm³/mol. The van der Waals surface area contributed by atoms with E-state index in [1.165, 1.54) is 0 Å². The van der Waals surface area contributed by atoms with Gasteiger partial charge in [0.25, 0.3) is 0 Å². The lowest BCUT2D eigenvalue weighted by atomic mass is 9.92. The van der Waals surface area contributed by atoms with Gasteiger partial charge in [-0.15, -0.1) is 20.4 Å². The molecule has 4 heterocycles. The molecule has 4 rings (SSSR count). The van der Waals surface area contributed by atoms with Crippen molar-refractivity contribution in [2.24, 2.45) is 0 Å². The molecule has 3 aromatic rings. The highest BCUT2D eigenvalue weighted by molar-refractivity contribution is 7.15. The van der Waals surface area contributed by atoms with Gasteiger partial charge in [0, 0.05) is 31.5 Å². The molecule has 3 aromatic heterocycles. The summed E-state index contributed by atoms with van der Waals surface area (Å²) in [5.41, 5.74) is 1.86. The zero-order chi connectivity index (χ0) is 19.0. The molecule has 0 radical (unpaired) electrons. The van der Waals surface area contributed by atoms with Crippen LogP contribution in [0.4, 0.5) is 5.13 Å². The fourth-order valence-electron chi connectivity index (χ4n) is 3.34.